The second kappa shape index (κ2) is 7.39. The molecule has 0 fully saturated rings. The first-order valence-corrected chi connectivity index (χ1v) is 4.17. The summed E-state index contributed by atoms with van der Waals surface area (Å²) in [5, 5.41) is 4.25. The van der Waals surface area contributed by atoms with Gasteiger partial charge < -0.3 is 5.32 Å². The van der Waals surface area contributed by atoms with Crippen LogP contribution in [-0.4, -0.2) is 0 Å². The van der Waals surface area contributed by atoms with Gasteiger partial charge in [-0.05, 0) is 0 Å². The molecule has 0 saturated carbocycles. The molecule has 1 aliphatic heterocycles. The van der Waals surface area contributed by atoms with Gasteiger partial charge in [0, 0.05) is 0 Å². The van der Waals surface area contributed by atoms with Gasteiger partial charge in [0.1, 0.15) is 0 Å². The van der Waals surface area contributed by atoms with Crippen molar-refractivity contribution in [3.05, 3.63) is 40.7 Å². The summed E-state index contributed by atoms with van der Waals surface area (Å²) in [6.45, 7) is 5.85. The van der Waals surface area contributed by atoms with Crippen molar-refractivity contribution in [3.63, 3.8) is 0 Å². The van der Waals surface area contributed by atoms with Crippen LogP contribution in [0.2, 0.25) is 0 Å². The van der Waals surface area contributed by atoms with E-state index in [0.29, 0.717) is 0 Å². The van der Waals surface area contributed by atoms with Crippen molar-refractivity contribution in [2.75, 3.05) is 0 Å². The SMILES string of the molecule is CC.[Rb+].c1ccc2c(c1)C[N-]C2. The second-order valence-electron chi connectivity index (χ2n) is 2.31. The molecule has 12 heavy (non-hydrogen) atoms. The van der Waals surface area contributed by atoms with E-state index in [1.165, 1.54) is 11.1 Å². The molecule has 60 valence electrons. The van der Waals surface area contributed by atoms with Gasteiger partial charge in [-0.25, -0.2) is 0 Å². The molecule has 0 atom stereocenters. The van der Waals surface area contributed by atoms with E-state index in [0.717, 1.165) is 13.1 Å². The summed E-state index contributed by atoms with van der Waals surface area (Å²) in [7, 11) is 0. The number of fused-ring (bicyclic) bond motifs is 1. The zero-order valence-electron chi connectivity index (χ0n) is 8.17. The van der Waals surface area contributed by atoms with Crippen molar-refractivity contribution in [2.45, 2.75) is 26.9 Å². The Labute approximate surface area is 124 Å². The maximum Gasteiger partial charge on any atom is 1.00 e. The Hall–Kier alpha value is 0.985. The molecule has 0 amide bonds. The third-order valence-electron chi connectivity index (χ3n) is 1.68. The standard InChI is InChI=1S/C8H8N.C2H6.Rb/c1-2-4-8-6-9-5-7(8)3-1;1-2;/h1-4H,5-6H2;1-2H3;/q-1;;+1. The first-order chi connectivity index (χ1) is 5.47. The molecule has 0 radical (unpaired) electrons. The maximum absolute atomic E-state index is 4.25. The molecule has 0 aromatic heterocycles. The fourth-order valence-electron chi connectivity index (χ4n) is 1.16. The van der Waals surface area contributed by atoms with Gasteiger partial charge in [-0.2, -0.15) is 0 Å². The van der Waals surface area contributed by atoms with Crippen molar-refractivity contribution < 1.29 is 58.2 Å². The molecular formula is C10H14NRb. The average Bonchev–Trinajstić information content (AvgIpc) is 2.55. The molecule has 0 unspecified atom stereocenters. The van der Waals surface area contributed by atoms with Crippen molar-refractivity contribution in [2.24, 2.45) is 0 Å². The monoisotopic (exact) mass is 233 g/mol. The first kappa shape index (κ1) is 13.0. The Kier molecular flexibility index (Phi) is 8.00. The maximum atomic E-state index is 4.25. The molecular weight excluding hydrogens is 220 g/mol. The quantitative estimate of drug-likeness (QED) is 0.604. The van der Waals surface area contributed by atoms with Gasteiger partial charge in [0.05, 0.1) is 0 Å². The van der Waals surface area contributed by atoms with Crippen LogP contribution in [0.15, 0.2) is 24.3 Å². The summed E-state index contributed by atoms with van der Waals surface area (Å²) in [4.78, 5) is 0. The van der Waals surface area contributed by atoms with Crippen LogP contribution in [0.1, 0.15) is 25.0 Å². The van der Waals surface area contributed by atoms with E-state index in [4.69, 9.17) is 0 Å². The average molecular weight is 234 g/mol. The van der Waals surface area contributed by atoms with Crippen LogP contribution < -0.4 is 58.2 Å². The molecule has 1 nitrogen and oxygen atoms in total. The van der Waals surface area contributed by atoms with E-state index >= 15 is 0 Å². The number of hydrogen-bond donors (Lipinski definition) is 0. The summed E-state index contributed by atoms with van der Waals surface area (Å²) in [6, 6.07) is 8.43. The van der Waals surface area contributed by atoms with E-state index in [1.54, 1.807) is 0 Å². The van der Waals surface area contributed by atoms with Gasteiger partial charge in [0.2, 0.25) is 0 Å². The van der Waals surface area contributed by atoms with E-state index in [9.17, 15) is 0 Å². The molecule has 0 saturated heterocycles. The molecule has 1 heterocycles. The Bertz CT molecular complexity index is 200. The van der Waals surface area contributed by atoms with E-state index in [-0.39, 0.29) is 58.2 Å². The first-order valence-electron chi connectivity index (χ1n) is 4.17. The van der Waals surface area contributed by atoms with Crippen LogP contribution in [0, 0.1) is 0 Å². The minimum absolute atomic E-state index is 0. The molecule has 0 bridgehead atoms. The van der Waals surface area contributed by atoms with Crippen molar-refractivity contribution >= 4 is 0 Å². The van der Waals surface area contributed by atoms with E-state index in [2.05, 4.69) is 29.6 Å². The number of hydrogen-bond acceptors (Lipinski definition) is 0. The van der Waals surface area contributed by atoms with Gasteiger partial charge in [0.25, 0.3) is 0 Å². The van der Waals surface area contributed by atoms with Gasteiger partial charge in [-0.15, -0.1) is 13.1 Å². The summed E-state index contributed by atoms with van der Waals surface area (Å²) in [6.07, 6.45) is 0. The van der Waals surface area contributed by atoms with Gasteiger partial charge in [0.15, 0.2) is 0 Å². The predicted molar refractivity (Wildman–Crippen MR) is 48.6 cm³/mol. The van der Waals surface area contributed by atoms with Gasteiger partial charge >= 0.3 is 58.2 Å². The van der Waals surface area contributed by atoms with Crippen LogP contribution in [0.5, 0.6) is 0 Å². The summed E-state index contributed by atoms with van der Waals surface area (Å²) >= 11 is 0. The Morgan fingerprint density at radius 3 is 1.83 bits per heavy atom. The zero-order valence-corrected chi connectivity index (χ0v) is 13.1. The normalized spacial score (nSPS) is 12.2. The van der Waals surface area contributed by atoms with Crippen LogP contribution in [0.3, 0.4) is 0 Å². The summed E-state index contributed by atoms with van der Waals surface area (Å²) in [5.41, 5.74) is 2.80. The van der Waals surface area contributed by atoms with Crippen molar-refractivity contribution in [3.8, 4) is 0 Å². The molecule has 2 heteroatoms. The molecule has 0 N–H and O–H groups in total. The third kappa shape index (κ3) is 3.39. The third-order valence-corrected chi connectivity index (χ3v) is 1.68. The van der Waals surface area contributed by atoms with Crippen LogP contribution in [0.4, 0.5) is 0 Å². The minimum atomic E-state index is 0. The zero-order chi connectivity index (χ0) is 8.10. The van der Waals surface area contributed by atoms with Gasteiger partial charge in [-0.3, -0.25) is 0 Å². The van der Waals surface area contributed by atoms with Crippen molar-refractivity contribution in [1.29, 1.82) is 0 Å². The molecule has 2 rings (SSSR count). The number of rotatable bonds is 0. The van der Waals surface area contributed by atoms with Crippen molar-refractivity contribution in [1.82, 2.24) is 0 Å². The topological polar surface area (TPSA) is 14.1 Å². The van der Waals surface area contributed by atoms with Gasteiger partial charge in [-0.1, -0.05) is 49.2 Å². The van der Waals surface area contributed by atoms with Crippen LogP contribution in [-0.2, 0) is 13.1 Å². The Balaban J connectivity index is 0.000000378. The summed E-state index contributed by atoms with van der Waals surface area (Å²) < 4.78 is 0. The molecule has 1 aromatic carbocycles. The molecule has 0 aliphatic carbocycles. The molecule has 0 spiro atoms. The fourth-order valence-corrected chi connectivity index (χ4v) is 1.16. The number of benzene rings is 1. The smallest absolute Gasteiger partial charge is 0.655 e. The Morgan fingerprint density at radius 1 is 1.00 bits per heavy atom. The summed E-state index contributed by atoms with van der Waals surface area (Å²) in [5.74, 6) is 0. The van der Waals surface area contributed by atoms with Crippen LogP contribution >= 0.6 is 0 Å². The largest absolute Gasteiger partial charge is 1.00 e. The van der Waals surface area contributed by atoms with E-state index in [1.807, 2.05) is 13.8 Å². The number of nitrogens with zero attached hydrogens (tertiary/aromatic N) is 1. The Morgan fingerprint density at radius 2 is 1.42 bits per heavy atom. The fraction of sp³-hybridized carbons (Fsp3) is 0.400. The van der Waals surface area contributed by atoms with E-state index < -0.39 is 0 Å². The predicted octanol–water partition coefficient (Wildman–Crippen LogP) is 0.104. The molecule has 1 aliphatic rings. The second-order valence-corrected chi connectivity index (χ2v) is 2.31. The molecule has 1 aromatic rings. The minimum Gasteiger partial charge on any atom is -0.655 e. The van der Waals surface area contributed by atoms with Crippen LogP contribution in [0.25, 0.3) is 5.32 Å².